The second kappa shape index (κ2) is 5.75. The van der Waals surface area contributed by atoms with Gasteiger partial charge in [0.05, 0.1) is 0 Å². The first-order chi connectivity index (χ1) is 5.89. The van der Waals surface area contributed by atoms with Crippen LogP contribution in [0.4, 0.5) is 0 Å². The number of hydrogen-bond acceptors (Lipinski definition) is 3. The van der Waals surface area contributed by atoms with E-state index in [9.17, 15) is 0 Å². The van der Waals surface area contributed by atoms with Gasteiger partial charge >= 0.3 is 8.56 Å². The maximum absolute atomic E-state index is 8.90. The minimum absolute atomic E-state index is 0.141. The molecule has 0 aliphatic rings. The van der Waals surface area contributed by atoms with Crippen LogP contribution in [-0.4, -0.2) is 32.5 Å². The van der Waals surface area contributed by atoms with Crippen LogP contribution >= 0.6 is 0 Å². The summed E-state index contributed by atoms with van der Waals surface area (Å²) in [4.78, 5) is 0. The summed E-state index contributed by atoms with van der Waals surface area (Å²) in [6.45, 7) is 10.1. The summed E-state index contributed by atoms with van der Waals surface area (Å²) in [6, 6.07) is 0.642. The predicted octanol–water partition coefficient (Wildman–Crippen LogP) is 1.90. The zero-order valence-corrected chi connectivity index (χ0v) is 10.3. The Morgan fingerprint density at radius 2 is 1.46 bits per heavy atom. The molecule has 13 heavy (non-hydrogen) atoms. The van der Waals surface area contributed by atoms with Crippen LogP contribution < -0.4 is 0 Å². The molecular formula is C9H22O3Si. The van der Waals surface area contributed by atoms with Gasteiger partial charge in [0.1, 0.15) is 0 Å². The van der Waals surface area contributed by atoms with Gasteiger partial charge < -0.3 is 14.0 Å². The molecule has 0 spiro atoms. The van der Waals surface area contributed by atoms with E-state index in [1.807, 2.05) is 34.2 Å². The lowest BCUT2D eigenvalue weighted by atomic mass is 10.5. The molecule has 0 aromatic heterocycles. The molecule has 0 aromatic carbocycles. The molecule has 0 fully saturated rings. The van der Waals surface area contributed by atoms with Crippen LogP contribution in [0.5, 0.6) is 0 Å². The van der Waals surface area contributed by atoms with Crippen molar-refractivity contribution >= 4 is 8.56 Å². The van der Waals surface area contributed by atoms with Crippen molar-refractivity contribution in [3.05, 3.63) is 0 Å². The number of hydrogen-bond donors (Lipinski definition) is 1. The lowest BCUT2D eigenvalue weighted by Crippen LogP contribution is -2.43. The molecule has 0 aromatic rings. The fraction of sp³-hybridized carbons (Fsp3) is 1.00. The first kappa shape index (κ1) is 13.1. The van der Waals surface area contributed by atoms with Gasteiger partial charge in [-0.1, -0.05) is 0 Å². The van der Waals surface area contributed by atoms with Gasteiger partial charge in [-0.2, -0.15) is 0 Å². The normalized spacial score (nSPS) is 12.9. The number of aliphatic hydroxyl groups excluding tert-OH is 1. The number of aliphatic hydroxyl groups is 1. The molecule has 0 unspecified atom stereocenters. The van der Waals surface area contributed by atoms with Gasteiger partial charge in [-0.05, 0) is 34.2 Å². The molecule has 0 bridgehead atoms. The monoisotopic (exact) mass is 206 g/mol. The highest BCUT2D eigenvalue weighted by Gasteiger charge is 2.33. The molecule has 3 nitrogen and oxygen atoms in total. The standard InChI is InChI=1S/C9H22O3Si/c1-8(2)11-13(5,7-6-10)12-9(3)4/h8-10H,6-7H2,1-5H3. The average molecular weight is 206 g/mol. The minimum Gasteiger partial charge on any atom is -0.396 e. The highest BCUT2D eigenvalue weighted by atomic mass is 28.4. The summed E-state index contributed by atoms with van der Waals surface area (Å²) in [7, 11) is -2.13. The third-order valence-electron chi connectivity index (χ3n) is 1.54. The molecule has 0 amide bonds. The van der Waals surface area contributed by atoms with E-state index in [1.54, 1.807) is 0 Å². The van der Waals surface area contributed by atoms with Crippen LogP contribution in [0.15, 0.2) is 0 Å². The van der Waals surface area contributed by atoms with Crippen LogP contribution in [0.1, 0.15) is 27.7 Å². The van der Waals surface area contributed by atoms with E-state index in [-0.39, 0.29) is 18.8 Å². The van der Waals surface area contributed by atoms with Crippen LogP contribution in [0, 0.1) is 0 Å². The molecular weight excluding hydrogens is 184 g/mol. The van der Waals surface area contributed by atoms with Crippen molar-refractivity contribution in [2.24, 2.45) is 0 Å². The molecule has 0 aliphatic carbocycles. The van der Waals surface area contributed by atoms with Crippen LogP contribution in [0.25, 0.3) is 0 Å². The SMILES string of the molecule is CC(C)O[Si](C)(CCO)OC(C)C. The quantitative estimate of drug-likeness (QED) is 0.675. The van der Waals surface area contributed by atoms with E-state index in [2.05, 4.69) is 0 Å². The summed E-state index contributed by atoms with van der Waals surface area (Å²) in [5.74, 6) is 0. The Morgan fingerprint density at radius 1 is 1.08 bits per heavy atom. The Bertz CT molecular complexity index is 127. The van der Waals surface area contributed by atoms with Gasteiger partial charge in [-0.3, -0.25) is 0 Å². The molecule has 80 valence electrons. The van der Waals surface area contributed by atoms with Gasteiger partial charge in [-0.15, -0.1) is 0 Å². The van der Waals surface area contributed by atoms with Crippen molar-refractivity contribution in [1.82, 2.24) is 0 Å². The Labute approximate surface area is 82.3 Å². The fourth-order valence-electron chi connectivity index (χ4n) is 1.35. The second-order valence-electron chi connectivity index (χ2n) is 3.94. The van der Waals surface area contributed by atoms with E-state index in [1.165, 1.54) is 0 Å². The Hall–Kier alpha value is 0.0969. The molecule has 1 N–H and O–H groups in total. The van der Waals surface area contributed by atoms with Gasteiger partial charge in [0, 0.05) is 24.9 Å². The largest absolute Gasteiger partial charge is 0.396 e. The summed E-state index contributed by atoms with van der Waals surface area (Å²) in [5, 5.41) is 8.90. The van der Waals surface area contributed by atoms with Crippen molar-refractivity contribution in [1.29, 1.82) is 0 Å². The smallest absolute Gasteiger partial charge is 0.337 e. The minimum atomic E-state index is -2.13. The topological polar surface area (TPSA) is 38.7 Å². The molecule has 0 atom stereocenters. The maximum atomic E-state index is 8.90. The predicted molar refractivity (Wildman–Crippen MR) is 56.0 cm³/mol. The second-order valence-corrected chi connectivity index (χ2v) is 7.18. The van der Waals surface area contributed by atoms with Crippen molar-refractivity contribution < 1.29 is 14.0 Å². The van der Waals surface area contributed by atoms with Crippen LogP contribution in [0.2, 0.25) is 12.6 Å². The average Bonchev–Trinajstić information content (AvgIpc) is 1.81. The molecule has 0 saturated carbocycles. The van der Waals surface area contributed by atoms with E-state index >= 15 is 0 Å². The fourth-order valence-corrected chi connectivity index (χ4v) is 4.04. The van der Waals surface area contributed by atoms with E-state index < -0.39 is 8.56 Å². The van der Waals surface area contributed by atoms with Crippen LogP contribution in [-0.2, 0) is 8.85 Å². The van der Waals surface area contributed by atoms with E-state index in [4.69, 9.17) is 14.0 Å². The molecule has 4 heteroatoms. The maximum Gasteiger partial charge on any atom is 0.337 e. The van der Waals surface area contributed by atoms with Gasteiger partial charge in [0.2, 0.25) is 0 Å². The van der Waals surface area contributed by atoms with Gasteiger partial charge in [-0.25, -0.2) is 0 Å². The Kier molecular flexibility index (Phi) is 5.79. The third-order valence-corrected chi connectivity index (χ3v) is 4.61. The Morgan fingerprint density at radius 3 is 1.69 bits per heavy atom. The summed E-state index contributed by atoms with van der Waals surface area (Å²) in [6.07, 6.45) is 0.337. The Balaban J connectivity index is 4.15. The lowest BCUT2D eigenvalue weighted by molar-refractivity contribution is 0.105. The molecule has 0 saturated heterocycles. The van der Waals surface area contributed by atoms with E-state index in [0.29, 0.717) is 6.04 Å². The highest BCUT2D eigenvalue weighted by molar-refractivity contribution is 6.66. The lowest BCUT2D eigenvalue weighted by Gasteiger charge is -2.30. The molecule has 0 radical (unpaired) electrons. The zero-order valence-electron chi connectivity index (χ0n) is 9.33. The number of rotatable bonds is 6. The molecule has 0 heterocycles. The first-order valence-electron chi connectivity index (χ1n) is 4.86. The van der Waals surface area contributed by atoms with E-state index in [0.717, 1.165) is 0 Å². The zero-order chi connectivity index (χ0) is 10.5. The summed E-state index contributed by atoms with van der Waals surface area (Å²) in [5.41, 5.74) is 0. The van der Waals surface area contributed by atoms with Crippen molar-refractivity contribution in [3.8, 4) is 0 Å². The van der Waals surface area contributed by atoms with Crippen molar-refractivity contribution in [2.75, 3.05) is 6.61 Å². The summed E-state index contributed by atoms with van der Waals surface area (Å²) < 4.78 is 11.5. The molecule has 0 rings (SSSR count). The molecule has 0 aliphatic heterocycles. The van der Waals surface area contributed by atoms with Crippen molar-refractivity contribution in [3.63, 3.8) is 0 Å². The third kappa shape index (κ3) is 6.21. The highest BCUT2D eigenvalue weighted by Crippen LogP contribution is 2.17. The van der Waals surface area contributed by atoms with Crippen molar-refractivity contribution in [2.45, 2.75) is 52.5 Å². The summed E-state index contributed by atoms with van der Waals surface area (Å²) >= 11 is 0. The first-order valence-corrected chi connectivity index (χ1v) is 7.38. The van der Waals surface area contributed by atoms with Crippen LogP contribution in [0.3, 0.4) is 0 Å². The van der Waals surface area contributed by atoms with Gasteiger partial charge in [0.15, 0.2) is 0 Å². The van der Waals surface area contributed by atoms with Gasteiger partial charge in [0.25, 0.3) is 0 Å².